The van der Waals surface area contributed by atoms with Crippen LogP contribution >= 0.6 is 11.6 Å². The smallest absolute Gasteiger partial charge is 0.387 e. The van der Waals surface area contributed by atoms with E-state index in [0.29, 0.717) is 0 Å². The summed E-state index contributed by atoms with van der Waals surface area (Å²) in [6, 6.07) is 5.00. The van der Waals surface area contributed by atoms with Gasteiger partial charge < -0.3 is 10.1 Å². The van der Waals surface area contributed by atoms with E-state index in [1.165, 1.54) is 12.1 Å². The van der Waals surface area contributed by atoms with Gasteiger partial charge in [0.1, 0.15) is 5.75 Å². The van der Waals surface area contributed by atoms with Crippen LogP contribution in [-0.2, 0) is 0 Å². The number of benzene rings is 1. The lowest BCUT2D eigenvalue weighted by atomic mass is 10.2. The van der Waals surface area contributed by atoms with E-state index in [0.717, 1.165) is 12.1 Å². The molecular formula is C11H14ClF2NO. The number of rotatable bonds is 5. The molecule has 0 fully saturated rings. The number of nitrogens with one attached hydrogen (secondary N) is 1. The van der Waals surface area contributed by atoms with E-state index < -0.39 is 6.61 Å². The Balaban J connectivity index is 2.80. The molecule has 0 radical (unpaired) electrons. The number of ether oxygens (including phenoxy) is 1. The number of hydrogen-bond acceptors (Lipinski definition) is 2. The number of halogens is 3. The lowest BCUT2D eigenvalue weighted by molar-refractivity contribution is -0.0497. The van der Waals surface area contributed by atoms with Gasteiger partial charge in [-0.05, 0) is 25.5 Å². The van der Waals surface area contributed by atoms with Crippen LogP contribution in [-0.4, -0.2) is 12.7 Å². The van der Waals surface area contributed by atoms with E-state index in [1.807, 2.05) is 13.8 Å². The van der Waals surface area contributed by atoms with Crippen LogP contribution in [0.4, 0.5) is 14.5 Å². The predicted molar refractivity (Wildman–Crippen MR) is 61.5 cm³/mol. The summed E-state index contributed by atoms with van der Waals surface area (Å²) in [6.45, 7) is 1.17. The molecule has 1 atom stereocenters. The maximum Gasteiger partial charge on any atom is 0.387 e. The van der Waals surface area contributed by atoms with Crippen molar-refractivity contribution < 1.29 is 13.5 Å². The van der Waals surface area contributed by atoms with Crippen molar-refractivity contribution in [2.75, 3.05) is 5.32 Å². The summed E-state index contributed by atoms with van der Waals surface area (Å²) < 4.78 is 28.4. The summed E-state index contributed by atoms with van der Waals surface area (Å²) in [4.78, 5) is 0. The molecule has 0 aromatic heterocycles. The molecule has 1 unspecified atom stereocenters. The summed E-state index contributed by atoms with van der Waals surface area (Å²) in [7, 11) is 0. The molecule has 16 heavy (non-hydrogen) atoms. The van der Waals surface area contributed by atoms with E-state index in [-0.39, 0.29) is 16.8 Å². The van der Waals surface area contributed by atoms with Crippen molar-refractivity contribution in [2.45, 2.75) is 32.9 Å². The molecule has 2 nitrogen and oxygen atoms in total. The Bertz CT molecular complexity index is 347. The van der Waals surface area contributed by atoms with Crippen LogP contribution in [0, 0.1) is 0 Å². The summed E-state index contributed by atoms with van der Waals surface area (Å²) in [5.74, 6) is -0.00929. The Morgan fingerprint density at radius 1 is 1.44 bits per heavy atom. The highest BCUT2D eigenvalue weighted by atomic mass is 35.5. The Kier molecular flexibility index (Phi) is 4.80. The van der Waals surface area contributed by atoms with Crippen LogP contribution in [0.25, 0.3) is 0 Å². The lowest BCUT2D eigenvalue weighted by Gasteiger charge is -2.14. The molecule has 0 saturated heterocycles. The van der Waals surface area contributed by atoms with Gasteiger partial charge in [0, 0.05) is 17.8 Å². The number of alkyl halides is 2. The monoisotopic (exact) mass is 249 g/mol. The average molecular weight is 250 g/mol. The lowest BCUT2D eigenvalue weighted by Crippen LogP contribution is -2.13. The molecule has 0 aliphatic carbocycles. The van der Waals surface area contributed by atoms with Crippen molar-refractivity contribution in [1.82, 2.24) is 0 Å². The minimum Gasteiger partial charge on any atom is -0.433 e. The minimum atomic E-state index is -2.86. The van der Waals surface area contributed by atoms with Crippen LogP contribution < -0.4 is 10.1 Å². The van der Waals surface area contributed by atoms with Crippen LogP contribution in [0.1, 0.15) is 20.3 Å². The van der Waals surface area contributed by atoms with Gasteiger partial charge >= 0.3 is 6.61 Å². The molecular weight excluding hydrogens is 236 g/mol. The first-order valence-corrected chi connectivity index (χ1v) is 5.41. The first-order chi connectivity index (χ1) is 7.52. The van der Waals surface area contributed by atoms with Crippen molar-refractivity contribution in [3.63, 3.8) is 0 Å². The summed E-state index contributed by atoms with van der Waals surface area (Å²) in [6.07, 6.45) is 0.938. The van der Waals surface area contributed by atoms with Gasteiger partial charge in [0.25, 0.3) is 0 Å². The van der Waals surface area contributed by atoms with Crippen LogP contribution in [0.15, 0.2) is 18.2 Å². The molecule has 0 aliphatic heterocycles. The SMILES string of the molecule is CCC(C)Nc1ccc(Cl)c(OC(F)F)c1. The summed E-state index contributed by atoms with van der Waals surface area (Å²) in [5.41, 5.74) is 0.717. The topological polar surface area (TPSA) is 21.3 Å². The number of hydrogen-bond donors (Lipinski definition) is 1. The fourth-order valence-corrected chi connectivity index (χ4v) is 1.33. The van der Waals surface area contributed by atoms with Gasteiger partial charge in [0.15, 0.2) is 0 Å². The Morgan fingerprint density at radius 2 is 2.12 bits per heavy atom. The third-order valence-corrected chi connectivity index (χ3v) is 2.48. The van der Waals surface area contributed by atoms with E-state index in [9.17, 15) is 8.78 Å². The maximum atomic E-state index is 12.1. The van der Waals surface area contributed by atoms with Crippen molar-refractivity contribution in [3.05, 3.63) is 23.2 Å². The zero-order valence-electron chi connectivity index (χ0n) is 9.14. The van der Waals surface area contributed by atoms with Crippen molar-refractivity contribution in [1.29, 1.82) is 0 Å². The molecule has 1 aromatic carbocycles. The summed E-state index contributed by atoms with van der Waals surface area (Å²) in [5, 5.41) is 3.32. The third-order valence-electron chi connectivity index (χ3n) is 2.17. The largest absolute Gasteiger partial charge is 0.433 e. The van der Waals surface area contributed by atoms with Gasteiger partial charge in [-0.25, -0.2) is 0 Å². The Hall–Kier alpha value is -1.03. The van der Waals surface area contributed by atoms with Crippen molar-refractivity contribution >= 4 is 17.3 Å². The van der Waals surface area contributed by atoms with E-state index in [1.54, 1.807) is 6.07 Å². The molecule has 1 aromatic rings. The summed E-state index contributed by atoms with van der Waals surface area (Å²) >= 11 is 5.72. The first kappa shape index (κ1) is 13.0. The molecule has 0 heterocycles. The van der Waals surface area contributed by atoms with Crippen LogP contribution in [0.2, 0.25) is 5.02 Å². The zero-order chi connectivity index (χ0) is 12.1. The van der Waals surface area contributed by atoms with Crippen molar-refractivity contribution in [3.8, 4) is 5.75 Å². The van der Waals surface area contributed by atoms with Gasteiger partial charge in [-0.3, -0.25) is 0 Å². The quantitative estimate of drug-likeness (QED) is 0.846. The second-order valence-electron chi connectivity index (χ2n) is 3.48. The predicted octanol–water partition coefficient (Wildman–Crippen LogP) is 4.15. The molecule has 90 valence electrons. The Morgan fingerprint density at radius 3 is 2.69 bits per heavy atom. The average Bonchev–Trinajstić information content (AvgIpc) is 2.22. The molecule has 5 heteroatoms. The highest BCUT2D eigenvalue weighted by molar-refractivity contribution is 6.32. The first-order valence-electron chi connectivity index (χ1n) is 5.03. The van der Waals surface area contributed by atoms with Crippen LogP contribution in [0.3, 0.4) is 0 Å². The van der Waals surface area contributed by atoms with E-state index in [2.05, 4.69) is 10.1 Å². The molecule has 0 spiro atoms. The highest BCUT2D eigenvalue weighted by Gasteiger charge is 2.09. The second kappa shape index (κ2) is 5.89. The standard InChI is InChI=1S/C11H14ClF2NO/c1-3-7(2)15-8-4-5-9(12)10(6-8)16-11(13)14/h4-7,11,15H,3H2,1-2H3. The molecule has 1 rings (SSSR count). The molecule has 1 N–H and O–H groups in total. The van der Waals surface area contributed by atoms with E-state index in [4.69, 9.17) is 11.6 Å². The highest BCUT2D eigenvalue weighted by Crippen LogP contribution is 2.29. The minimum absolute atomic E-state index is 0.00929. The van der Waals surface area contributed by atoms with Gasteiger partial charge in [0.2, 0.25) is 0 Å². The number of anilines is 1. The molecule has 0 amide bonds. The van der Waals surface area contributed by atoms with Crippen molar-refractivity contribution in [2.24, 2.45) is 0 Å². The van der Waals surface area contributed by atoms with Gasteiger partial charge in [0.05, 0.1) is 5.02 Å². The third kappa shape index (κ3) is 3.85. The molecule has 0 aliphatic rings. The normalized spacial score (nSPS) is 12.6. The van der Waals surface area contributed by atoms with Gasteiger partial charge in [-0.2, -0.15) is 8.78 Å². The van der Waals surface area contributed by atoms with E-state index >= 15 is 0 Å². The Labute approximate surface area is 98.6 Å². The van der Waals surface area contributed by atoms with Crippen LogP contribution in [0.5, 0.6) is 5.75 Å². The van der Waals surface area contributed by atoms with Gasteiger partial charge in [-0.1, -0.05) is 18.5 Å². The fourth-order valence-electron chi connectivity index (χ4n) is 1.17. The molecule has 0 saturated carbocycles. The second-order valence-corrected chi connectivity index (χ2v) is 3.88. The fraction of sp³-hybridized carbons (Fsp3) is 0.455. The van der Waals surface area contributed by atoms with Gasteiger partial charge in [-0.15, -0.1) is 0 Å². The maximum absolute atomic E-state index is 12.1. The zero-order valence-corrected chi connectivity index (χ0v) is 9.89. The molecule has 0 bridgehead atoms.